The fourth-order valence-corrected chi connectivity index (χ4v) is 3.91. The summed E-state index contributed by atoms with van der Waals surface area (Å²) < 4.78 is 29.7. The van der Waals surface area contributed by atoms with E-state index in [4.69, 9.17) is 0 Å². The molecule has 0 aliphatic rings. The van der Waals surface area contributed by atoms with Gasteiger partial charge in [-0.3, -0.25) is 4.79 Å². The summed E-state index contributed by atoms with van der Waals surface area (Å²) in [5.41, 5.74) is 1.12. The minimum Gasteiger partial charge on any atom is -0.493 e. The first-order valence-corrected chi connectivity index (χ1v) is 10.8. The van der Waals surface area contributed by atoms with Gasteiger partial charge in [-0.2, -0.15) is 8.42 Å². The molecule has 0 aliphatic carbocycles. The van der Waals surface area contributed by atoms with Crippen molar-refractivity contribution in [3.8, 4) is 5.88 Å². The predicted molar refractivity (Wildman–Crippen MR) is 117 cm³/mol. The number of aromatic hydroxyl groups is 1. The van der Waals surface area contributed by atoms with E-state index in [0.29, 0.717) is 16.6 Å². The molecule has 0 saturated carbocycles. The molecule has 0 unspecified atom stereocenters. The van der Waals surface area contributed by atoms with Crippen molar-refractivity contribution in [2.45, 2.75) is 11.4 Å². The van der Waals surface area contributed by atoms with Crippen molar-refractivity contribution in [2.24, 2.45) is 9.63 Å². The smallest absolute Gasteiger partial charge is 0.299 e. The third-order valence-electron chi connectivity index (χ3n) is 4.57. The number of nitrogens with one attached hydrogen (secondary N) is 1. The molecule has 0 atom stereocenters. The fraction of sp³-hybridized carbons (Fsp3) is 0.0455. The van der Waals surface area contributed by atoms with Crippen molar-refractivity contribution in [1.29, 1.82) is 0 Å². The van der Waals surface area contributed by atoms with Crippen LogP contribution in [-0.4, -0.2) is 24.0 Å². The highest BCUT2D eigenvalue weighted by Crippen LogP contribution is 2.39. The van der Waals surface area contributed by atoms with Crippen LogP contribution in [-0.2, 0) is 21.4 Å². The van der Waals surface area contributed by atoms with Crippen LogP contribution in [0, 0.1) is 0 Å². The topological polar surface area (TPSA) is 113 Å². The van der Waals surface area contributed by atoms with Crippen molar-refractivity contribution < 1.29 is 18.3 Å². The molecule has 0 radical (unpaired) electrons. The average molecular weight is 434 g/mol. The van der Waals surface area contributed by atoms with Gasteiger partial charge in [0.05, 0.1) is 10.4 Å². The summed E-state index contributed by atoms with van der Waals surface area (Å²) in [5.74, 6) is -0.709. The highest BCUT2D eigenvalue weighted by molar-refractivity contribution is 7.90. The number of carbonyl (C=O) groups is 1. The van der Waals surface area contributed by atoms with Crippen LogP contribution in [0.15, 0.2) is 99.5 Å². The maximum Gasteiger partial charge on any atom is 0.299 e. The maximum atomic E-state index is 12.5. The summed E-state index contributed by atoms with van der Waals surface area (Å²) in [6.45, 7) is -0.192. The van der Waals surface area contributed by atoms with Crippen molar-refractivity contribution in [2.75, 3.05) is 5.32 Å². The molecule has 0 fully saturated rings. The quantitative estimate of drug-likeness (QED) is 0.436. The summed E-state index contributed by atoms with van der Waals surface area (Å²) in [6.07, 6.45) is 0. The summed E-state index contributed by atoms with van der Waals surface area (Å²) in [7, 11) is -4.04. The molecule has 0 aliphatic heterocycles. The number of hydrogen-bond acceptors (Lipinski definition) is 5. The van der Waals surface area contributed by atoms with E-state index in [1.165, 1.54) is 16.7 Å². The Hall–Kier alpha value is -3.98. The van der Waals surface area contributed by atoms with Gasteiger partial charge in [-0.05, 0) is 30.3 Å². The minimum absolute atomic E-state index is 0.00998. The number of anilines is 1. The molecule has 2 N–H and O–H groups in total. The summed E-state index contributed by atoms with van der Waals surface area (Å²) in [6, 6.07) is 23.4. The SMILES string of the molecule is O=C(Cn1c(O)c(N=NS(=O)(=O)c2ccccc2)c2ccccc21)Nc1ccccc1. The molecule has 1 aromatic heterocycles. The second kappa shape index (κ2) is 8.41. The lowest BCUT2D eigenvalue weighted by Crippen LogP contribution is -2.18. The molecule has 8 nitrogen and oxygen atoms in total. The van der Waals surface area contributed by atoms with Crippen molar-refractivity contribution in [1.82, 2.24) is 4.57 Å². The Morgan fingerprint density at radius 1 is 0.903 bits per heavy atom. The molecule has 4 rings (SSSR count). The van der Waals surface area contributed by atoms with E-state index in [9.17, 15) is 18.3 Å². The van der Waals surface area contributed by atoms with E-state index in [-0.39, 0.29) is 28.9 Å². The van der Waals surface area contributed by atoms with Crippen molar-refractivity contribution in [3.63, 3.8) is 0 Å². The standard InChI is InChI=1S/C22H18N4O4S/c27-20(23-16-9-3-1-4-10-16)15-26-19-14-8-7-13-18(19)21(22(26)28)24-25-31(29,30)17-11-5-2-6-12-17/h1-14,28H,15H2,(H,23,27). The molecule has 0 spiro atoms. The van der Waals surface area contributed by atoms with Gasteiger partial charge in [-0.25, -0.2) is 0 Å². The summed E-state index contributed by atoms with van der Waals surface area (Å²) >= 11 is 0. The number of hydrogen-bond donors (Lipinski definition) is 2. The molecule has 1 heterocycles. The largest absolute Gasteiger partial charge is 0.493 e. The fourth-order valence-electron chi connectivity index (χ4n) is 3.13. The highest BCUT2D eigenvalue weighted by atomic mass is 32.2. The number of aromatic nitrogens is 1. The summed E-state index contributed by atoms with van der Waals surface area (Å²) in [4.78, 5) is 12.5. The molecule has 9 heteroatoms. The van der Waals surface area contributed by atoms with E-state index in [0.717, 1.165) is 0 Å². The van der Waals surface area contributed by atoms with Crippen LogP contribution in [0.5, 0.6) is 5.88 Å². The van der Waals surface area contributed by atoms with Gasteiger partial charge in [-0.15, -0.1) is 5.11 Å². The van der Waals surface area contributed by atoms with Gasteiger partial charge in [0, 0.05) is 11.1 Å². The predicted octanol–water partition coefficient (Wildman–Crippen LogP) is 4.46. The normalized spacial score (nSPS) is 11.7. The molecular formula is C22H18N4O4S. The maximum absolute atomic E-state index is 12.5. The van der Waals surface area contributed by atoms with Crippen molar-refractivity contribution >= 4 is 38.2 Å². The van der Waals surface area contributed by atoms with Crippen LogP contribution in [0.25, 0.3) is 10.9 Å². The molecule has 0 bridgehead atoms. The lowest BCUT2D eigenvalue weighted by atomic mass is 10.2. The van der Waals surface area contributed by atoms with Gasteiger partial charge < -0.3 is 15.0 Å². The minimum atomic E-state index is -4.04. The van der Waals surface area contributed by atoms with Crippen LogP contribution in [0.3, 0.4) is 0 Å². The van der Waals surface area contributed by atoms with Gasteiger partial charge in [0.2, 0.25) is 11.8 Å². The van der Waals surface area contributed by atoms with Gasteiger partial charge in [0.1, 0.15) is 6.54 Å². The second-order valence-electron chi connectivity index (χ2n) is 6.66. The van der Waals surface area contributed by atoms with Crippen LogP contribution in [0.4, 0.5) is 11.4 Å². The number of rotatable bonds is 6. The Labute approximate surface area is 178 Å². The number of para-hydroxylation sites is 2. The number of fused-ring (bicyclic) bond motifs is 1. The molecule has 4 aromatic rings. The van der Waals surface area contributed by atoms with E-state index in [2.05, 4.69) is 15.0 Å². The molecule has 1 amide bonds. The van der Waals surface area contributed by atoms with Gasteiger partial charge in [0.25, 0.3) is 10.0 Å². The van der Waals surface area contributed by atoms with Gasteiger partial charge in [-0.1, -0.05) is 59.1 Å². The zero-order valence-electron chi connectivity index (χ0n) is 16.2. The van der Waals surface area contributed by atoms with E-state index < -0.39 is 10.0 Å². The third-order valence-corrected chi connectivity index (χ3v) is 5.73. The van der Waals surface area contributed by atoms with E-state index >= 15 is 0 Å². The number of nitrogens with zero attached hydrogens (tertiary/aromatic N) is 3. The van der Waals surface area contributed by atoms with Crippen LogP contribution in [0.2, 0.25) is 0 Å². The average Bonchev–Trinajstić information content (AvgIpc) is 3.04. The number of amides is 1. The highest BCUT2D eigenvalue weighted by Gasteiger charge is 2.20. The summed E-state index contributed by atoms with van der Waals surface area (Å²) in [5, 5.41) is 17.8. The molecule has 31 heavy (non-hydrogen) atoms. The monoisotopic (exact) mass is 434 g/mol. The van der Waals surface area contributed by atoms with Crippen LogP contribution < -0.4 is 5.32 Å². The van der Waals surface area contributed by atoms with E-state index in [1.54, 1.807) is 66.7 Å². The number of carbonyl (C=O) groups excluding carboxylic acids is 1. The van der Waals surface area contributed by atoms with Crippen LogP contribution in [0.1, 0.15) is 0 Å². The number of benzene rings is 3. The Morgan fingerprint density at radius 2 is 1.52 bits per heavy atom. The number of sulfonamides is 1. The Kier molecular flexibility index (Phi) is 5.50. The first-order chi connectivity index (χ1) is 15.0. The molecule has 3 aromatic carbocycles. The Bertz CT molecular complexity index is 1360. The zero-order valence-corrected chi connectivity index (χ0v) is 17.0. The third kappa shape index (κ3) is 4.31. The van der Waals surface area contributed by atoms with E-state index in [1.807, 2.05) is 6.07 Å². The van der Waals surface area contributed by atoms with Crippen LogP contribution >= 0.6 is 0 Å². The first-order valence-electron chi connectivity index (χ1n) is 9.34. The Balaban J connectivity index is 1.68. The lowest BCUT2D eigenvalue weighted by Gasteiger charge is -2.08. The molecule has 156 valence electrons. The zero-order chi connectivity index (χ0) is 21.8. The lowest BCUT2D eigenvalue weighted by molar-refractivity contribution is -0.116. The molecular weight excluding hydrogens is 416 g/mol. The van der Waals surface area contributed by atoms with Gasteiger partial charge in [0.15, 0.2) is 5.69 Å². The first kappa shape index (κ1) is 20.3. The molecule has 0 saturated heterocycles. The Morgan fingerprint density at radius 3 is 2.23 bits per heavy atom. The second-order valence-corrected chi connectivity index (χ2v) is 8.24. The van der Waals surface area contributed by atoms with Gasteiger partial charge >= 0.3 is 0 Å². The van der Waals surface area contributed by atoms with Crippen molar-refractivity contribution in [3.05, 3.63) is 84.9 Å².